The van der Waals surface area contributed by atoms with Crippen molar-refractivity contribution in [2.45, 2.75) is 26.8 Å². The Morgan fingerprint density at radius 3 is 2.36 bits per heavy atom. The first-order valence-corrected chi connectivity index (χ1v) is 7.27. The maximum Gasteiger partial charge on any atom is 0.328 e. The van der Waals surface area contributed by atoms with Crippen molar-refractivity contribution < 1.29 is 19.1 Å². The monoisotopic (exact) mass is 305 g/mol. The first-order chi connectivity index (χ1) is 10.5. The molecule has 1 atom stereocenters. The van der Waals surface area contributed by atoms with E-state index in [9.17, 15) is 9.59 Å². The molecule has 5 nitrogen and oxygen atoms in total. The molecule has 0 unspecified atom stereocenters. The van der Waals surface area contributed by atoms with Gasteiger partial charge in [-0.25, -0.2) is 4.79 Å². The van der Waals surface area contributed by atoms with Crippen LogP contribution < -0.4 is 10.1 Å². The molecule has 1 rings (SSSR count). The molecule has 0 saturated carbocycles. The van der Waals surface area contributed by atoms with E-state index in [-0.39, 0.29) is 11.8 Å². The third-order valence-electron chi connectivity index (χ3n) is 3.04. The highest BCUT2D eigenvalue weighted by molar-refractivity contribution is 5.94. The van der Waals surface area contributed by atoms with E-state index in [0.717, 1.165) is 11.3 Å². The first kappa shape index (κ1) is 17.8. The van der Waals surface area contributed by atoms with Gasteiger partial charge in [0, 0.05) is 6.08 Å². The Hall–Kier alpha value is -2.30. The molecule has 1 aromatic rings. The van der Waals surface area contributed by atoms with Crippen molar-refractivity contribution in [3.63, 3.8) is 0 Å². The van der Waals surface area contributed by atoms with Gasteiger partial charge >= 0.3 is 5.97 Å². The Balaban J connectivity index is 2.64. The fourth-order valence-corrected chi connectivity index (χ4v) is 1.84. The van der Waals surface area contributed by atoms with Crippen LogP contribution in [0.4, 0.5) is 0 Å². The van der Waals surface area contributed by atoms with E-state index in [2.05, 4.69) is 10.1 Å². The van der Waals surface area contributed by atoms with Gasteiger partial charge in [-0.15, -0.1) is 0 Å². The van der Waals surface area contributed by atoms with E-state index >= 15 is 0 Å². The lowest BCUT2D eigenvalue weighted by Gasteiger charge is -2.18. The number of methoxy groups -OCH3 is 1. The van der Waals surface area contributed by atoms with E-state index in [4.69, 9.17) is 4.74 Å². The lowest BCUT2D eigenvalue weighted by Crippen LogP contribution is -2.44. The average Bonchev–Trinajstić information content (AvgIpc) is 2.51. The molecule has 1 N–H and O–H groups in total. The van der Waals surface area contributed by atoms with Crippen molar-refractivity contribution in [2.24, 2.45) is 5.92 Å². The molecule has 1 amide bonds. The van der Waals surface area contributed by atoms with Gasteiger partial charge in [0.1, 0.15) is 11.8 Å². The molecule has 5 heteroatoms. The van der Waals surface area contributed by atoms with Crippen LogP contribution in [-0.4, -0.2) is 31.6 Å². The molecule has 0 aliphatic heterocycles. The zero-order chi connectivity index (χ0) is 16.5. The van der Waals surface area contributed by atoms with Crippen LogP contribution in [0.25, 0.3) is 6.08 Å². The zero-order valence-corrected chi connectivity index (χ0v) is 13.5. The van der Waals surface area contributed by atoms with Gasteiger partial charge in [0.05, 0.1) is 13.7 Å². The summed E-state index contributed by atoms with van der Waals surface area (Å²) >= 11 is 0. The molecule has 0 fully saturated rings. The second kappa shape index (κ2) is 8.87. The maximum absolute atomic E-state index is 11.9. The van der Waals surface area contributed by atoms with Crippen molar-refractivity contribution in [1.29, 1.82) is 0 Å². The minimum Gasteiger partial charge on any atom is -0.494 e. The third-order valence-corrected chi connectivity index (χ3v) is 3.04. The number of ether oxygens (including phenoxy) is 2. The van der Waals surface area contributed by atoms with E-state index in [1.807, 2.05) is 45.0 Å². The van der Waals surface area contributed by atoms with Crippen LogP contribution >= 0.6 is 0 Å². The SMILES string of the molecule is CCOc1ccc(C=CC(=O)N[C@H](C(=O)OC)C(C)C)cc1. The van der Waals surface area contributed by atoms with Gasteiger partial charge in [-0.2, -0.15) is 0 Å². The van der Waals surface area contributed by atoms with E-state index < -0.39 is 12.0 Å². The Kier molecular flexibility index (Phi) is 7.16. The lowest BCUT2D eigenvalue weighted by atomic mass is 10.0. The summed E-state index contributed by atoms with van der Waals surface area (Å²) in [6.45, 7) is 6.22. The molecule has 0 radical (unpaired) electrons. The van der Waals surface area contributed by atoms with Gasteiger partial charge in [0.25, 0.3) is 0 Å². The normalized spacial score (nSPS) is 12.2. The predicted octanol–water partition coefficient (Wildman–Crippen LogP) is 2.41. The summed E-state index contributed by atoms with van der Waals surface area (Å²) in [5.74, 6) is -0.0410. The van der Waals surface area contributed by atoms with E-state index in [0.29, 0.717) is 6.61 Å². The quantitative estimate of drug-likeness (QED) is 0.620. The van der Waals surface area contributed by atoms with E-state index in [1.54, 1.807) is 6.08 Å². The highest BCUT2D eigenvalue weighted by Gasteiger charge is 2.23. The van der Waals surface area contributed by atoms with Crippen LogP contribution in [0.3, 0.4) is 0 Å². The van der Waals surface area contributed by atoms with Gasteiger partial charge in [-0.3, -0.25) is 4.79 Å². The van der Waals surface area contributed by atoms with Crippen LogP contribution in [0.5, 0.6) is 5.75 Å². The zero-order valence-electron chi connectivity index (χ0n) is 13.5. The Morgan fingerprint density at radius 1 is 1.23 bits per heavy atom. The van der Waals surface area contributed by atoms with Gasteiger partial charge in [-0.1, -0.05) is 26.0 Å². The van der Waals surface area contributed by atoms with Gasteiger partial charge < -0.3 is 14.8 Å². The summed E-state index contributed by atoms with van der Waals surface area (Å²) in [4.78, 5) is 23.5. The Morgan fingerprint density at radius 2 is 1.86 bits per heavy atom. The standard InChI is InChI=1S/C17H23NO4/c1-5-22-14-9-6-13(7-10-14)8-11-15(19)18-16(12(2)3)17(20)21-4/h6-12,16H,5H2,1-4H3,(H,18,19)/t16-/m0/s1. The Labute approximate surface area is 131 Å². The minimum atomic E-state index is -0.650. The second-order valence-corrected chi connectivity index (χ2v) is 5.09. The molecular weight excluding hydrogens is 282 g/mol. The molecule has 1 aromatic carbocycles. The number of hydrogen-bond acceptors (Lipinski definition) is 4. The van der Waals surface area contributed by atoms with Crippen LogP contribution in [0.1, 0.15) is 26.3 Å². The lowest BCUT2D eigenvalue weighted by molar-refractivity contribution is -0.145. The van der Waals surface area contributed by atoms with Gasteiger partial charge in [0.15, 0.2) is 0 Å². The molecule has 0 aliphatic carbocycles. The number of benzene rings is 1. The van der Waals surface area contributed by atoms with Crippen molar-refractivity contribution in [3.05, 3.63) is 35.9 Å². The largest absolute Gasteiger partial charge is 0.494 e. The highest BCUT2D eigenvalue weighted by Crippen LogP contribution is 2.13. The fraction of sp³-hybridized carbons (Fsp3) is 0.412. The van der Waals surface area contributed by atoms with Crippen LogP contribution in [0.15, 0.2) is 30.3 Å². The van der Waals surface area contributed by atoms with Crippen LogP contribution in [0, 0.1) is 5.92 Å². The van der Waals surface area contributed by atoms with E-state index in [1.165, 1.54) is 13.2 Å². The number of rotatable bonds is 7. The maximum atomic E-state index is 11.9. The molecule has 0 saturated heterocycles. The number of amides is 1. The summed E-state index contributed by atoms with van der Waals surface area (Å²) in [7, 11) is 1.31. The van der Waals surface area contributed by atoms with Crippen molar-refractivity contribution in [3.8, 4) is 5.75 Å². The second-order valence-electron chi connectivity index (χ2n) is 5.09. The summed E-state index contributed by atoms with van der Waals surface area (Å²) in [6, 6.07) is 6.74. The van der Waals surface area contributed by atoms with Crippen molar-refractivity contribution in [2.75, 3.05) is 13.7 Å². The molecule has 0 spiro atoms. The molecule has 0 heterocycles. The predicted molar refractivity (Wildman–Crippen MR) is 85.4 cm³/mol. The number of esters is 1. The molecule has 0 bridgehead atoms. The molecule has 120 valence electrons. The summed E-state index contributed by atoms with van der Waals surface area (Å²) in [6.07, 6.45) is 3.08. The summed E-state index contributed by atoms with van der Waals surface area (Å²) in [5, 5.41) is 2.64. The minimum absolute atomic E-state index is 0.0460. The van der Waals surface area contributed by atoms with Gasteiger partial charge in [0.2, 0.25) is 5.91 Å². The topological polar surface area (TPSA) is 64.6 Å². The van der Waals surface area contributed by atoms with Crippen molar-refractivity contribution in [1.82, 2.24) is 5.32 Å². The number of carbonyl (C=O) groups is 2. The fourth-order valence-electron chi connectivity index (χ4n) is 1.84. The smallest absolute Gasteiger partial charge is 0.328 e. The first-order valence-electron chi connectivity index (χ1n) is 7.27. The molecule has 22 heavy (non-hydrogen) atoms. The third kappa shape index (κ3) is 5.60. The number of carbonyl (C=O) groups excluding carboxylic acids is 2. The van der Waals surface area contributed by atoms with Crippen LogP contribution in [0.2, 0.25) is 0 Å². The number of nitrogens with one attached hydrogen (secondary N) is 1. The number of hydrogen-bond donors (Lipinski definition) is 1. The highest BCUT2D eigenvalue weighted by atomic mass is 16.5. The van der Waals surface area contributed by atoms with Crippen molar-refractivity contribution >= 4 is 18.0 Å². The van der Waals surface area contributed by atoms with Crippen LogP contribution in [-0.2, 0) is 14.3 Å². The summed E-state index contributed by atoms with van der Waals surface area (Å²) < 4.78 is 10.0. The average molecular weight is 305 g/mol. The molecule has 0 aliphatic rings. The molecule has 0 aromatic heterocycles. The summed E-state index contributed by atoms with van der Waals surface area (Å²) in [5.41, 5.74) is 0.873. The van der Waals surface area contributed by atoms with Gasteiger partial charge in [-0.05, 0) is 36.6 Å². The Bertz CT molecular complexity index is 520. The molecular formula is C17H23NO4.